The van der Waals surface area contributed by atoms with E-state index >= 15 is 0 Å². The number of hydrogen-bond donors (Lipinski definition) is 0. The largest absolute Gasteiger partial charge is 0.398 e. The molecule has 4 nitrogen and oxygen atoms in total. The first kappa shape index (κ1) is 14.1. The van der Waals surface area contributed by atoms with Crippen molar-refractivity contribution in [1.82, 2.24) is 0 Å². The van der Waals surface area contributed by atoms with E-state index in [1.165, 1.54) is 24.3 Å². The summed E-state index contributed by atoms with van der Waals surface area (Å²) in [4.78, 5) is 20.7. The fourth-order valence-corrected chi connectivity index (χ4v) is 1.43. The predicted molar refractivity (Wildman–Crippen MR) is 56.8 cm³/mol. The van der Waals surface area contributed by atoms with Crippen molar-refractivity contribution in [1.29, 1.82) is 0 Å². The molecule has 0 saturated heterocycles. The molecular formula is C11H10F3NO3. The second kappa shape index (κ2) is 5.61. The molecule has 0 amide bonds. The predicted octanol–water partition coefficient (Wildman–Crippen LogP) is 2.71. The van der Waals surface area contributed by atoms with Gasteiger partial charge in [0.05, 0.1) is 0 Å². The van der Waals surface area contributed by atoms with Crippen LogP contribution in [-0.2, 0) is 0 Å². The maximum atomic E-state index is 12.5. The molecule has 0 bridgehead atoms. The summed E-state index contributed by atoms with van der Waals surface area (Å²) in [5.41, 5.74) is 0.120. The summed E-state index contributed by atoms with van der Waals surface area (Å²) in [5.74, 6) is -3.00. The summed E-state index contributed by atoms with van der Waals surface area (Å²) in [6, 6.07) is 7.41. The SMILES string of the molecule is O=C(CC(C[N+](=O)[O-])C(F)(F)F)c1ccccc1. The first-order valence-corrected chi connectivity index (χ1v) is 5.07. The summed E-state index contributed by atoms with van der Waals surface area (Å²) < 4.78 is 37.5. The summed E-state index contributed by atoms with van der Waals surface area (Å²) in [6.07, 6.45) is -5.66. The average Bonchev–Trinajstić information content (AvgIpc) is 2.27. The molecule has 1 rings (SSSR count). The zero-order valence-electron chi connectivity index (χ0n) is 9.18. The number of rotatable bonds is 5. The van der Waals surface area contributed by atoms with E-state index in [0.717, 1.165) is 0 Å². The van der Waals surface area contributed by atoms with Crippen LogP contribution in [0.4, 0.5) is 13.2 Å². The third-order valence-electron chi connectivity index (χ3n) is 2.36. The van der Waals surface area contributed by atoms with Gasteiger partial charge < -0.3 is 0 Å². The van der Waals surface area contributed by atoms with E-state index in [0.29, 0.717) is 0 Å². The van der Waals surface area contributed by atoms with Crippen molar-refractivity contribution >= 4 is 5.78 Å². The molecule has 0 aliphatic rings. The summed E-state index contributed by atoms with van der Waals surface area (Å²) >= 11 is 0. The molecule has 1 aromatic carbocycles. The van der Waals surface area contributed by atoms with Crippen molar-refractivity contribution in [2.75, 3.05) is 6.54 Å². The number of halogens is 3. The lowest BCUT2D eigenvalue weighted by atomic mass is 9.98. The molecule has 0 N–H and O–H groups in total. The van der Waals surface area contributed by atoms with Gasteiger partial charge in [-0.15, -0.1) is 0 Å². The number of ketones is 1. The lowest BCUT2D eigenvalue weighted by Crippen LogP contribution is -2.31. The highest BCUT2D eigenvalue weighted by Crippen LogP contribution is 2.30. The van der Waals surface area contributed by atoms with Gasteiger partial charge >= 0.3 is 6.18 Å². The van der Waals surface area contributed by atoms with Gasteiger partial charge in [0, 0.05) is 16.9 Å². The van der Waals surface area contributed by atoms with Gasteiger partial charge in [0.25, 0.3) is 0 Å². The van der Waals surface area contributed by atoms with Crippen molar-refractivity contribution in [2.24, 2.45) is 5.92 Å². The molecule has 0 saturated carbocycles. The standard InChI is InChI=1S/C11H10F3NO3/c12-11(13,14)9(7-15(17)18)6-10(16)8-4-2-1-3-5-8/h1-5,9H,6-7H2. The van der Waals surface area contributed by atoms with E-state index in [1.807, 2.05) is 0 Å². The van der Waals surface area contributed by atoms with Crippen LogP contribution in [0.5, 0.6) is 0 Å². The minimum absolute atomic E-state index is 0.120. The van der Waals surface area contributed by atoms with Crippen molar-refractivity contribution < 1.29 is 22.9 Å². The van der Waals surface area contributed by atoms with E-state index in [1.54, 1.807) is 6.07 Å². The smallest absolute Gasteiger partial charge is 0.294 e. The Labute approximate surface area is 101 Å². The second-order valence-electron chi connectivity index (χ2n) is 3.75. The van der Waals surface area contributed by atoms with Gasteiger partial charge in [-0.3, -0.25) is 14.9 Å². The first-order valence-electron chi connectivity index (χ1n) is 5.07. The normalized spacial score (nSPS) is 13.1. The first-order chi connectivity index (χ1) is 8.30. The van der Waals surface area contributed by atoms with Gasteiger partial charge in [-0.1, -0.05) is 30.3 Å². The molecule has 0 radical (unpaired) electrons. The number of alkyl halides is 3. The van der Waals surface area contributed by atoms with Crippen molar-refractivity contribution in [3.05, 3.63) is 46.0 Å². The number of nitrogens with zero attached hydrogens (tertiary/aromatic N) is 1. The number of carbonyl (C=O) groups excluding carboxylic acids is 1. The Hall–Kier alpha value is -1.92. The van der Waals surface area contributed by atoms with E-state index in [4.69, 9.17) is 0 Å². The molecule has 98 valence electrons. The van der Waals surface area contributed by atoms with Gasteiger partial charge in [0.1, 0.15) is 5.92 Å². The molecule has 0 aromatic heterocycles. The molecule has 0 heterocycles. The number of Topliss-reactive ketones (excluding diaryl/α,β-unsaturated/α-hetero) is 1. The fraction of sp³-hybridized carbons (Fsp3) is 0.364. The second-order valence-corrected chi connectivity index (χ2v) is 3.75. The minimum Gasteiger partial charge on any atom is -0.294 e. The Morgan fingerprint density at radius 2 is 1.83 bits per heavy atom. The summed E-state index contributed by atoms with van der Waals surface area (Å²) in [7, 11) is 0. The van der Waals surface area contributed by atoms with Gasteiger partial charge in [0.2, 0.25) is 6.54 Å². The zero-order valence-corrected chi connectivity index (χ0v) is 9.18. The maximum absolute atomic E-state index is 12.5. The topological polar surface area (TPSA) is 60.2 Å². The Morgan fingerprint density at radius 1 is 1.28 bits per heavy atom. The highest BCUT2D eigenvalue weighted by Gasteiger charge is 2.44. The Kier molecular flexibility index (Phi) is 4.41. The quantitative estimate of drug-likeness (QED) is 0.465. The van der Waals surface area contributed by atoms with Gasteiger partial charge in [0.15, 0.2) is 5.78 Å². The van der Waals surface area contributed by atoms with Crippen LogP contribution in [0, 0.1) is 16.0 Å². The number of benzene rings is 1. The van der Waals surface area contributed by atoms with Crippen LogP contribution in [0.2, 0.25) is 0 Å². The molecule has 18 heavy (non-hydrogen) atoms. The van der Waals surface area contributed by atoms with Gasteiger partial charge in [-0.05, 0) is 0 Å². The zero-order chi connectivity index (χ0) is 13.8. The lowest BCUT2D eigenvalue weighted by molar-refractivity contribution is -0.497. The monoisotopic (exact) mass is 261 g/mol. The summed E-state index contributed by atoms with van der Waals surface area (Å²) in [6.45, 7) is -1.29. The van der Waals surface area contributed by atoms with Crippen LogP contribution in [0.25, 0.3) is 0 Å². The average molecular weight is 261 g/mol. The highest BCUT2D eigenvalue weighted by molar-refractivity contribution is 5.96. The molecule has 0 spiro atoms. The van der Waals surface area contributed by atoms with E-state index in [-0.39, 0.29) is 5.56 Å². The van der Waals surface area contributed by atoms with Crippen LogP contribution in [0.15, 0.2) is 30.3 Å². The Balaban J connectivity index is 2.78. The molecule has 0 aliphatic carbocycles. The van der Waals surface area contributed by atoms with Crippen molar-refractivity contribution in [3.63, 3.8) is 0 Å². The molecule has 1 aromatic rings. The summed E-state index contributed by atoms with van der Waals surface area (Å²) in [5, 5.41) is 10.2. The highest BCUT2D eigenvalue weighted by atomic mass is 19.4. The Bertz CT molecular complexity index is 431. The van der Waals surface area contributed by atoms with E-state index in [2.05, 4.69) is 0 Å². The molecule has 1 unspecified atom stereocenters. The van der Waals surface area contributed by atoms with E-state index < -0.39 is 35.8 Å². The fourth-order valence-electron chi connectivity index (χ4n) is 1.43. The van der Waals surface area contributed by atoms with Crippen LogP contribution < -0.4 is 0 Å². The van der Waals surface area contributed by atoms with Crippen molar-refractivity contribution in [3.8, 4) is 0 Å². The van der Waals surface area contributed by atoms with E-state index in [9.17, 15) is 28.1 Å². The Morgan fingerprint density at radius 3 is 2.28 bits per heavy atom. The number of nitro groups is 1. The van der Waals surface area contributed by atoms with Crippen LogP contribution >= 0.6 is 0 Å². The van der Waals surface area contributed by atoms with Gasteiger partial charge in [-0.2, -0.15) is 13.2 Å². The number of hydrogen-bond acceptors (Lipinski definition) is 3. The maximum Gasteiger partial charge on any atom is 0.398 e. The van der Waals surface area contributed by atoms with Gasteiger partial charge in [-0.25, -0.2) is 0 Å². The lowest BCUT2D eigenvalue weighted by Gasteiger charge is -2.15. The molecule has 0 fully saturated rings. The minimum atomic E-state index is -4.75. The molecule has 7 heteroatoms. The van der Waals surface area contributed by atoms with Crippen molar-refractivity contribution in [2.45, 2.75) is 12.6 Å². The molecule has 0 aliphatic heterocycles. The van der Waals surface area contributed by atoms with Crippen LogP contribution in [0.1, 0.15) is 16.8 Å². The van der Waals surface area contributed by atoms with Crippen LogP contribution in [-0.4, -0.2) is 23.4 Å². The molecule has 1 atom stereocenters. The number of carbonyl (C=O) groups is 1. The third-order valence-corrected chi connectivity index (χ3v) is 2.36. The third kappa shape index (κ3) is 4.15. The van der Waals surface area contributed by atoms with Crippen LogP contribution in [0.3, 0.4) is 0 Å². The molecular weight excluding hydrogens is 251 g/mol.